The van der Waals surface area contributed by atoms with Gasteiger partial charge in [-0.25, -0.2) is 0 Å². The van der Waals surface area contributed by atoms with Crippen molar-refractivity contribution in [3.05, 3.63) is 29.3 Å². The highest BCUT2D eigenvalue weighted by Crippen LogP contribution is 2.21. The van der Waals surface area contributed by atoms with Crippen molar-refractivity contribution in [2.45, 2.75) is 38.7 Å². The van der Waals surface area contributed by atoms with Crippen LogP contribution in [-0.4, -0.2) is 12.7 Å². The molecule has 0 bridgehead atoms. The zero-order valence-electron chi connectivity index (χ0n) is 9.33. The van der Waals surface area contributed by atoms with Crippen molar-refractivity contribution in [2.24, 2.45) is 0 Å². The van der Waals surface area contributed by atoms with Crippen molar-refractivity contribution in [3.8, 4) is 0 Å². The first-order valence-electron chi connectivity index (χ1n) is 5.72. The van der Waals surface area contributed by atoms with E-state index >= 15 is 0 Å². The second-order valence-electron chi connectivity index (χ2n) is 4.39. The van der Waals surface area contributed by atoms with E-state index in [0.717, 1.165) is 18.7 Å². The number of ether oxygens (including phenoxy) is 1. The Balaban J connectivity index is 2.05. The van der Waals surface area contributed by atoms with E-state index in [0.29, 0.717) is 6.10 Å². The molecule has 0 radical (unpaired) electrons. The Morgan fingerprint density at radius 2 is 2.27 bits per heavy atom. The molecule has 2 nitrogen and oxygen atoms in total. The Morgan fingerprint density at radius 1 is 1.40 bits per heavy atom. The van der Waals surface area contributed by atoms with Gasteiger partial charge in [-0.3, -0.25) is 0 Å². The lowest BCUT2D eigenvalue weighted by Gasteiger charge is -2.23. The van der Waals surface area contributed by atoms with Gasteiger partial charge in [-0.2, -0.15) is 0 Å². The predicted octanol–water partition coefficient (Wildman–Crippen LogP) is 2.69. The number of nitrogens with two attached hydrogens (primary N) is 1. The van der Waals surface area contributed by atoms with Gasteiger partial charge < -0.3 is 10.5 Å². The molecule has 1 unspecified atom stereocenters. The standard InChI is InChI=1S/C13H19NO/c1-10-5-6-13(14)11(8-10)9-12-4-2-3-7-15-12/h5-6,8,12H,2-4,7,9,14H2,1H3. The average molecular weight is 205 g/mol. The molecule has 0 amide bonds. The minimum Gasteiger partial charge on any atom is -0.399 e. The molecular weight excluding hydrogens is 186 g/mol. The van der Waals surface area contributed by atoms with Gasteiger partial charge in [-0.05, 0) is 37.8 Å². The second kappa shape index (κ2) is 4.67. The maximum absolute atomic E-state index is 5.95. The topological polar surface area (TPSA) is 35.2 Å². The minimum absolute atomic E-state index is 0.378. The molecular formula is C13H19NO. The lowest BCUT2D eigenvalue weighted by Crippen LogP contribution is -2.21. The van der Waals surface area contributed by atoms with Crippen molar-refractivity contribution in [3.63, 3.8) is 0 Å². The van der Waals surface area contributed by atoms with Crippen molar-refractivity contribution in [2.75, 3.05) is 12.3 Å². The summed E-state index contributed by atoms with van der Waals surface area (Å²) >= 11 is 0. The normalized spacial score (nSPS) is 21.5. The van der Waals surface area contributed by atoms with Crippen LogP contribution in [0.25, 0.3) is 0 Å². The summed E-state index contributed by atoms with van der Waals surface area (Å²) in [6.07, 6.45) is 5.01. The second-order valence-corrected chi connectivity index (χ2v) is 4.39. The highest BCUT2D eigenvalue weighted by atomic mass is 16.5. The maximum Gasteiger partial charge on any atom is 0.0616 e. The summed E-state index contributed by atoms with van der Waals surface area (Å²) < 4.78 is 5.72. The van der Waals surface area contributed by atoms with Crippen LogP contribution in [0, 0.1) is 6.92 Å². The van der Waals surface area contributed by atoms with Crippen LogP contribution in [0.1, 0.15) is 30.4 Å². The van der Waals surface area contributed by atoms with Crippen LogP contribution in [0.3, 0.4) is 0 Å². The van der Waals surface area contributed by atoms with Gasteiger partial charge in [0.25, 0.3) is 0 Å². The lowest BCUT2D eigenvalue weighted by molar-refractivity contribution is 0.0169. The molecule has 15 heavy (non-hydrogen) atoms. The minimum atomic E-state index is 0.378. The molecule has 2 N–H and O–H groups in total. The largest absolute Gasteiger partial charge is 0.399 e. The van der Waals surface area contributed by atoms with E-state index in [1.54, 1.807) is 0 Å². The lowest BCUT2D eigenvalue weighted by atomic mass is 9.99. The number of rotatable bonds is 2. The molecule has 0 spiro atoms. The summed E-state index contributed by atoms with van der Waals surface area (Å²) in [5.74, 6) is 0. The average Bonchev–Trinajstić information content (AvgIpc) is 2.25. The molecule has 1 aliphatic heterocycles. The summed E-state index contributed by atoms with van der Waals surface area (Å²) in [6, 6.07) is 6.22. The molecule has 1 fully saturated rings. The van der Waals surface area contributed by atoms with Gasteiger partial charge in [0.05, 0.1) is 6.10 Å². The van der Waals surface area contributed by atoms with Crippen molar-refractivity contribution in [1.82, 2.24) is 0 Å². The number of hydrogen-bond donors (Lipinski definition) is 1. The Kier molecular flexibility index (Phi) is 3.27. The smallest absolute Gasteiger partial charge is 0.0616 e. The third kappa shape index (κ3) is 2.72. The first-order chi connectivity index (χ1) is 7.25. The molecule has 1 aromatic rings. The summed E-state index contributed by atoms with van der Waals surface area (Å²) in [7, 11) is 0. The van der Waals surface area contributed by atoms with E-state index in [1.807, 2.05) is 6.07 Å². The van der Waals surface area contributed by atoms with E-state index in [1.165, 1.54) is 30.4 Å². The maximum atomic E-state index is 5.95. The van der Waals surface area contributed by atoms with Crippen molar-refractivity contribution in [1.29, 1.82) is 0 Å². The first-order valence-corrected chi connectivity index (χ1v) is 5.72. The number of hydrogen-bond acceptors (Lipinski definition) is 2. The quantitative estimate of drug-likeness (QED) is 0.753. The highest BCUT2D eigenvalue weighted by Gasteiger charge is 2.15. The predicted molar refractivity (Wildman–Crippen MR) is 62.9 cm³/mol. The van der Waals surface area contributed by atoms with Gasteiger partial charge in [-0.15, -0.1) is 0 Å². The summed E-state index contributed by atoms with van der Waals surface area (Å²) in [6.45, 7) is 3.01. The molecule has 2 heteroatoms. The van der Waals surface area contributed by atoms with Crippen molar-refractivity contribution < 1.29 is 4.74 Å². The Labute approximate surface area is 91.4 Å². The van der Waals surface area contributed by atoms with Crippen LogP contribution in [0.15, 0.2) is 18.2 Å². The zero-order chi connectivity index (χ0) is 10.7. The van der Waals surface area contributed by atoms with Gasteiger partial charge in [0.1, 0.15) is 0 Å². The van der Waals surface area contributed by atoms with Crippen LogP contribution in [0.2, 0.25) is 0 Å². The third-order valence-corrected chi connectivity index (χ3v) is 3.02. The molecule has 0 aliphatic carbocycles. The molecule has 1 saturated heterocycles. The summed E-state index contributed by atoms with van der Waals surface area (Å²) in [5, 5.41) is 0. The van der Waals surface area contributed by atoms with Gasteiger partial charge in [0.2, 0.25) is 0 Å². The van der Waals surface area contributed by atoms with E-state index < -0.39 is 0 Å². The van der Waals surface area contributed by atoms with Crippen molar-refractivity contribution >= 4 is 5.69 Å². The summed E-state index contributed by atoms with van der Waals surface area (Å²) in [5.41, 5.74) is 9.36. The van der Waals surface area contributed by atoms with Crippen LogP contribution in [0.4, 0.5) is 5.69 Å². The van der Waals surface area contributed by atoms with E-state index in [-0.39, 0.29) is 0 Å². The first kappa shape index (κ1) is 10.5. The molecule has 2 rings (SSSR count). The Hall–Kier alpha value is -1.02. The fraction of sp³-hybridized carbons (Fsp3) is 0.538. The van der Waals surface area contributed by atoms with Gasteiger partial charge in [0.15, 0.2) is 0 Å². The number of anilines is 1. The fourth-order valence-corrected chi connectivity index (χ4v) is 2.12. The van der Waals surface area contributed by atoms with E-state index in [4.69, 9.17) is 10.5 Å². The number of aryl methyl sites for hydroxylation is 1. The van der Waals surface area contributed by atoms with E-state index in [9.17, 15) is 0 Å². The van der Waals surface area contributed by atoms with Gasteiger partial charge >= 0.3 is 0 Å². The van der Waals surface area contributed by atoms with Gasteiger partial charge in [-0.1, -0.05) is 17.7 Å². The molecule has 82 valence electrons. The zero-order valence-corrected chi connectivity index (χ0v) is 9.33. The van der Waals surface area contributed by atoms with Crippen LogP contribution >= 0.6 is 0 Å². The SMILES string of the molecule is Cc1ccc(N)c(CC2CCCCO2)c1. The van der Waals surface area contributed by atoms with Crippen LogP contribution < -0.4 is 5.73 Å². The molecule has 0 aromatic heterocycles. The molecule has 1 aliphatic rings. The molecule has 1 atom stereocenters. The molecule has 1 heterocycles. The Morgan fingerprint density at radius 3 is 3.00 bits per heavy atom. The molecule has 1 aromatic carbocycles. The third-order valence-electron chi connectivity index (χ3n) is 3.02. The highest BCUT2D eigenvalue weighted by molar-refractivity contribution is 5.48. The van der Waals surface area contributed by atoms with Crippen LogP contribution in [0.5, 0.6) is 0 Å². The molecule has 0 saturated carbocycles. The number of benzene rings is 1. The monoisotopic (exact) mass is 205 g/mol. The summed E-state index contributed by atoms with van der Waals surface area (Å²) in [4.78, 5) is 0. The fourth-order valence-electron chi connectivity index (χ4n) is 2.12. The number of nitrogen functional groups attached to an aromatic ring is 1. The van der Waals surface area contributed by atoms with Gasteiger partial charge in [0, 0.05) is 18.7 Å². The Bertz CT molecular complexity index is 329. The van der Waals surface area contributed by atoms with E-state index in [2.05, 4.69) is 19.1 Å². The van der Waals surface area contributed by atoms with Crippen LogP contribution in [-0.2, 0) is 11.2 Å².